The molecule has 130 valence electrons. The second-order valence-electron chi connectivity index (χ2n) is 5.38. The van der Waals surface area contributed by atoms with Crippen molar-refractivity contribution in [1.82, 2.24) is 5.32 Å². The summed E-state index contributed by atoms with van der Waals surface area (Å²) >= 11 is 0. The van der Waals surface area contributed by atoms with Gasteiger partial charge in [0.05, 0.1) is 6.61 Å². The lowest BCUT2D eigenvalue weighted by Gasteiger charge is -2.14. The van der Waals surface area contributed by atoms with Gasteiger partial charge >= 0.3 is 5.97 Å². The number of hydrogen-bond donors (Lipinski definition) is 2. The molecule has 3 N–H and O–H groups in total. The summed E-state index contributed by atoms with van der Waals surface area (Å²) in [7, 11) is 0. The standard InChI is InChI=1S/C19H20N2O4/c1-2-25-17(22)9-5-8-16(18(20)23)21-19(24)15-11-10-13-6-3-4-7-14(13)12-15/h3-7,9-12,16H,2,8H2,1H3,(H2,20,23)(H,21,24)/b9-5+/t16-/m0/s1. The summed E-state index contributed by atoms with van der Waals surface area (Å²) in [5.74, 6) is -1.59. The average molecular weight is 340 g/mol. The molecule has 0 saturated heterocycles. The first-order valence-corrected chi connectivity index (χ1v) is 7.93. The first-order valence-electron chi connectivity index (χ1n) is 7.93. The topological polar surface area (TPSA) is 98.5 Å². The summed E-state index contributed by atoms with van der Waals surface area (Å²) in [5.41, 5.74) is 5.76. The van der Waals surface area contributed by atoms with Crippen LogP contribution >= 0.6 is 0 Å². The SMILES string of the molecule is CCOC(=O)/C=C/C[C@H](NC(=O)c1ccc2ccccc2c1)C(N)=O. The highest BCUT2D eigenvalue weighted by molar-refractivity contribution is 6.00. The van der Waals surface area contributed by atoms with E-state index in [1.54, 1.807) is 19.1 Å². The lowest BCUT2D eigenvalue weighted by atomic mass is 10.1. The van der Waals surface area contributed by atoms with Crippen LogP contribution in [0.3, 0.4) is 0 Å². The molecular weight excluding hydrogens is 320 g/mol. The van der Waals surface area contributed by atoms with Crippen molar-refractivity contribution in [2.75, 3.05) is 6.61 Å². The number of fused-ring (bicyclic) bond motifs is 1. The lowest BCUT2D eigenvalue weighted by Crippen LogP contribution is -2.44. The molecule has 0 bridgehead atoms. The van der Waals surface area contributed by atoms with Gasteiger partial charge in [-0.1, -0.05) is 36.4 Å². The van der Waals surface area contributed by atoms with Crippen LogP contribution in [0.25, 0.3) is 10.8 Å². The fraction of sp³-hybridized carbons (Fsp3) is 0.211. The van der Waals surface area contributed by atoms with E-state index in [0.29, 0.717) is 5.56 Å². The molecule has 0 fully saturated rings. The first-order chi connectivity index (χ1) is 12.0. The third kappa shape index (κ3) is 5.17. The van der Waals surface area contributed by atoms with Gasteiger partial charge in [-0.3, -0.25) is 9.59 Å². The molecule has 1 atom stereocenters. The Morgan fingerprint density at radius 1 is 1.16 bits per heavy atom. The van der Waals surface area contributed by atoms with Gasteiger partial charge in [0.25, 0.3) is 5.91 Å². The van der Waals surface area contributed by atoms with E-state index >= 15 is 0 Å². The molecule has 0 aromatic heterocycles. The van der Waals surface area contributed by atoms with Crippen molar-refractivity contribution in [3.05, 3.63) is 60.2 Å². The Balaban J connectivity index is 2.05. The molecule has 2 aromatic carbocycles. The van der Waals surface area contributed by atoms with Crippen LogP contribution in [-0.2, 0) is 14.3 Å². The zero-order chi connectivity index (χ0) is 18.2. The molecule has 0 aliphatic rings. The van der Waals surface area contributed by atoms with E-state index in [2.05, 4.69) is 5.32 Å². The molecule has 0 spiro atoms. The molecule has 0 saturated carbocycles. The summed E-state index contributed by atoms with van der Waals surface area (Å²) in [6.07, 6.45) is 2.77. The normalized spacial score (nSPS) is 12.0. The highest BCUT2D eigenvalue weighted by atomic mass is 16.5. The second kappa shape index (κ2) is 8.63. The molecule has 0 unspecified atom stereocenters. The molecule has 6 heteroatoms. The van der Waals surface area contributed by atoms with Gasteiger partial charge in [0.15, 0.2) is 0 Å². The zero-order valence-corrected chi connectivity index (χ0v) is 13.9. The summed E-state index contributed by atoms with van der Waals surface area (Å²) in [5, 5.41) is 4.53. The van der Waals surface area contributed by atoms with Gasteiger partial charge in [0.2, 0.25) is 5.91 Å². The van der Waals surface area contributed by atoms with E-state index in [1.807, 2.05) is 30.3 Å². The first kappa shape index (κ1) is 18.2. The van der Waals surface area contributed by atoms with Crippen LogP contribution in [0.2, 0.25) is 0 Å². The Labute approximate surface area is 145 Å². The van der Waals surface area contributed by atoms with Gasteiger partial charge in [0.1, 0.15) is 6.04 Å². The van der Waals surface area contributed by atoms with Crippen molar-refractivity contribution in [1.29, 1.82) is 0 Å². The fourth-order valence-corrected chi connectivity index (χ4v) is 2.31. The Kier molecular flexibility index (Phi) is 6.28. The molecule has 2 aromatic rings. The van der Waals surface area contributed by atoms with E-state index < -0.39 is 23.8 Å². The molecule has 6 nitrogen and oxygen atoms in total. The van der Waals surface area contributed by atoms with Gasteiger partial charge in [-0.15, -0.1) is 0 Å². The van der Waals surface area contributed by atoms with Gasteiger partial charge in [-0.25, -0.2) is 4.79 Å². The second-order valence-corrected chi connectivity index (χ2v) is 5.38. The molecule has 0 radical (unpaired) electrons. The molecule has 2 amide bonds. The Hall–Kier alpha value is -3.15. The smallest absolute Gasteiger partial charge is 0.330 e. The van der Waals surface area contributed by atoms with E-state index in [9.17, 15) is 14.4 Å². The van der Waals surface area contributed by atoms with E-state index in [0.717, 1.165) is 10.8 Å². The van der Waals surface area contributed by atoms with E-state index in [4.69, 9.17) is 10.5 Å². The van der Waals surface area contributed by atoms with Crippen LogP contribution < -0.4 is 11.1 Å². The zero-order valence-electron chi connectivity index (χ0n) is 13.9. The van der Waals surface area contributed by atoms with Crippen LogP contribution in [0.5, 0.6) is 0 Å². The predicted octanol–water partition coefficient (Wildman–Crippen LogP) is 1.93. The molecular formula is C19H20N2O4. The minimum atomic E-state index is -0.912. The minimum Gasteiger partial charge on any atom is -0.463 e. The number of hydrogen-bond acceptors (Lipinski definition) is 4. The molecule has 25 heavy (non-hydrogen) atoms. The summed E-state index contributed by atoms with van der Waals surface area (Å²) in [6.45, 7) is 1.96. The predicted molar refractivity (Wildman–Crippen MR) is 94.8 cm³/mol. The van der Waals surface area contributed by atoms with Gasteiger partial charge in [0, 0.05) is 11.6 Å². The van der Waals surface area contributed by atoms with Crippen LogP contribution in [0.1, 0.15) is 23.7 Å². The van der Waals surface area contributed by atoms with Crippen molar-refractivity contribution < 1.29 is 19.1 Å². The quantitative estimate of drug-likeness (QED) is 0.594. The summed E-state index contributed by atoms with van der Waals surface area (Å²) < 4.78 is 4.75. The number of amides is 2. The number of primary amides is 1. The Bertz CT molecular complexity index is 814. The number of carbonyl (C=O) groups is 3. The third-order valence-corrected chi connectivity index (χ3v) is 3.57. The van der Waals surface area contributed by atoms with Crippen LogP contribution in [-0.4, -0.2) is 30.4 Å². The monoisotopic (exact) mass is 340 g/mol. The largest absolute Gasteiger partial charge is 0.463 e. The maximum Gasteiger partial charge on any atom is 0.330 e. The van der Waals surface area contributed by atoms with Crippen molar-refractivity contribution in [3.63, 3.8) is 0 Å². The van der Waals surface area contributed by atoms with Crippen molar-refractivity contribution in [3.8, 4) is 0 Å². The number of esters is 1. The summed E-state index contributed by atoms with van der Waals surface area (Å²) in [4.78, 5) is 35.2. The van der Waals surface area contributed by atoms with Gasteiger partial charge in [-0.05, 0) is 36.2 Å². The number of nitrogens with one attached hydrogen (secondary N) is 1. The maximum absolute atomic E-state index is 12.4. The number of rotatable bonds is 7. The number of benzene rings is 2. The molecule has 2 rings (SSSR count). The van der Waals surface area contributed by atoms with Crippen molar-refractivity contribution in [2.45, 2.75) is 19.4 Å². The van der Waals surface area contributed by atoms with Crippen LogP contribution in [0.15, 0.2) is 54.6 Å². The van der Waals surface area contributed by atoms with Crippen LogP contribution in [0, 0.1) is 0 Å². The number of ether oxygens (including phenoxy) is 1. The molecule has 0 heterocycles. The fourth-order valence-electron chi connectivity index (χ4n) is 2.31. The van der Waals surface area contributed by atoms with Gasteiger partial charge < -0.3 is 15.8 Å². The molecule has 0 aliphatic heterocycles. The lowest BCUT2D eigenvalue weighted by molar-refractivity contribution is -0.137. The highest BCUT2D eigenvalue weighted by Gasteiger charge is 2.18. The Morgan fingerprint density at radius 3 is 2.56 bits per heavy atom. The summed E-state index contributed by atoms with van der Waals surface area (Å²) in [6, 6.07) is 12.0. The third-order valence-electron chi connectivity index (χ3n) is 3.57. The average Bonchev–Trinajstić information content (AvgIpc) is 2.60. The van der Waals surface area contributed by atoms with Crippen LogP contribution in [0.4, 0.5) is 0 Å². The number of carbonyl (C=O) groups excluding carboxylic acids is 3. The highest BCUT2D eigenvalue weighted by Crippen LogP contribution is 2.15. The minimum absolute atomic E-state index is 0.105. The van der Waals surface area contributed by atoms with E-state index in [1.165, 1.54) is 12.2 Å². The van der Waals surface area contributed by atoms with Gasteiger partial charge in [-0.2, -0.15) is 0 Å². The Morgan fingerprint density at radius 2 is 1.88 bits per heavy atom. The van der Waals surface area contributed by atoms with Crippen molar-refractivity contribution in [2.24, 2.45) is 5.73 Å². The molecule has 0 aliphatic carbocycles. The number of nitrogens with two attached hydrogens (primary N) is 1. The van der Waals surface area contributed by atoms with E-state index in [-0.39, 0.29) is 13.0 Å². The van der Waals surface area contributed by atoms with Crippen molar-refractivity contribution >= 4 is 28.6 Å². The maximum atomic E-state index is 12.4.